The van der Waals surface area contributed by atoms with Crippen molar-refractivity contribution in [3.8, 4) is 5.75 Å². The van der Waals surface area contributed by atoms with Crippen molar-refractivity contribution < 1.29 is 9.57 Å². The van der Waals surface area contributed by atoms with Crippen molar-refractivity contribution in [3.05, 3.63) is 27.8 Å². The topological polar surface area (TPSA) is 44.5 Å². The summed E-state index contributed by atoms with van der Waals surface area (Å²) in [5, 5.41) is 0.662. The Bertz CT molecular complexity index is 353. The number of hydrogen-bond donors (Lipinski definition) is 1. The molecule has 1 aromatic carbocycles. The number of rotatable bonds is 4. The summed E-state index contributed by atoms with van der Waals surface area (Å²) >= 11 is 6.15. The van der Waals surface area contributed by atoms with Crippen LogP contribution in [0.25, 0.3) is 0 Å². The lowest BCUT2D eigenvalue weighted by molar-refractivity contribution is 0.140. The molecule has 0 aliphatic carbocycles. The minimum atomic E-state index is 0.455. The van der Waals surface area contributed by atoms with Gasteiger partial charge in [-0.15, -0.1) is 0 Å². The highest BCUT2D eigenvalue weighted by Gasteiger charge is 2.13. The predicted molar refractivity (Wildman–Crippen MR) is 61.3 cm³/mol. The minimum Gasteiger partial charge on any atom is -0.495 e. The van der Waals surface area contributed by atoms with Crippen LogP contribution in [-0.2, 0) is 11.3 Å². The van der Waals surface area contributed by atoms with Crippen LogP contribution >= 0.6 is 11.6 Å². The van der Waals surface area contributed by atoms with Gasteiger partial charge in [0.15, 0.2) is 0 Å². The Balaban J connectivity index is 3.16. The van der Waals surface area contributed by atoms with Gasteiger partial charge in [0, 0.05) is 12.0 Å². The Morgan fingerprint density at radius 1 is 1.33 bits per heavy atom. The second-order valence-electron chi connectivity index (χ2n) is 3.46. The molecule has 4 heteroatoms. The van der Waals surface area contributed by atoms with Gasteiger partial charge in [0.2, 0.25) is 0 Å². The van der Waals surface area contributed by atoms with Crippen LogP contribution in [0.15, 0.2) is 6.07 Å². The summed E-state index contributed by atoms with van der Waals surface area (Å²) in [6.07, 6.45) is 0.700. The second-order valence-corrected chi connectivity index (χ2v) is 3.83. The third-order valence-corrected chi connectivity index (χ3v) is 2.87. The van der Waals surface area contributed by atoms with Gasteiger partial charge in [0.05, 0.1) is 18.7 Å². The number of halogens is 1. The van der Waals surface area contributed by atoms with Crippen molar-refractivity contribution in [2.24, 2.45) is 5.90 Å². The molecule has 1 rings (SSSR count). The van der Waals surface area contributed by atoms with Gasteiger partial charge in [-0.2, -0.15) is 0 Å². The average Bonchev–Trinajstić information content (AvgIpc) is 2.21. The van der Waals surface area contributed by atoms with E-state index < -0.39 is 0 Å². The first-order valence-electron chi connectivity index (χ1n) is 4.76. The molecular formula is C11H16ClNO2. The number of ether oxygens (including phenoxy) is 1. The lowest BCUT2D eigenvalue weighted by Gasteiger charge is -2.14. The van der Waals surface area contributed by atoms with Gasteiger partial charge in [0.25, 0.3) is 0 Å². The SMILES string of the molecule is COc1c(Cl)c(C)cc(C)c1CCON. The first kappa shape index (κ1) is 12.3. The van der Waals surface area contributed by atoms with E-state index in [2.05, 4.69) is 4.84 Å². The number of nitrogens with two attached hydrogens (primary N) is 1. The normalized spacial score (nSPS) is 10.5. The number of hydrogen-bond acceptors (Lipinski definition) is 3. The van der Waals surface area contributed by atoms with Gasteiger partial charge in [-0.05, 0) is 25.0 Å². The monoisotopic (exact) mass is 229 g/mol. The zero-order valence-corrected chi connectivity index (χ0v) is 10.0. The molecule has 15 heavy (non-hydrogen) atoms. The van der Waals surface area contributed by atoms with Crippen LogP contribution < -0.4 is 10.6 Å². The Labute approximate surface area is 95.1 Å². The van der Waals surface area contributed by atoms with Gasteiger partial charge in [-0.1, -0.05) is 17.7 Å². The molecular weight excluding hydrogens is 214 g/mol. The Morgan fingerprint density at radius 2 is 2.00 bits per heavy atom. The van der Waals surface area contributed by atoms with E-state index in [1.165, 1.54) is 0 Å². The first-order chi connectivity index (χ1) is 7.11. The van der Waals surface area contributed by atoms with E-state index in [4.69, 9.17) is 22.2 Å². The molecule has 0 bridgehead atoms. The van der Waals surface area contributed by atoms with Crippen molar-refractivity contribution in [3.63, 3.8) is 0 Å². The molecule has 0 aliphatic heterocycles. The van der Waals surface area contributed by atoms with Crippen molar-refractivity contribution in [1.29, 1.82) is 0 Å². The molecule has 2 N–H and O–H groups in total. The Morgan fingerprint density at radius 3 is 2.53 bits per heavy atom. The Kier molecular flexibility index (Phi) is 4.39. The summed E-state index contributed by atoms with van der Waals surface area (Å²) in [4.78, 5) is 4.57. The molecule has 0 unspecified atom stereocenters. The summed E-state index contributed by atoms with van der Waals surface area (Å²) in [5.74, 6) is 5.74. The van der Waals surface area contributed by atoms with E-state index >= 15 is 0 Å². The molecule has 0 aliphatic rings. The first-order valence-corrected chi connectivity index (χ1v) is 5.13. The summed E-state index contributed by atoms with van der Waals surface area (Å²) in [5.41, 5.74) is 3.22. The van der Waals surface area contributed by atoms with E-state index in [1.807, 2.05) is 19.9 Å². The number of methoxy groups -OCH3 is 1. The molecule has 0 atom stereocenters. The van der Waals surface area contributed by atoms with E-state index in [9.17, 15) is 0 Å². The van der Waals surface area contributed by atoms with Crippen LogP contribution in [0.1, 0.15) is 16.7 Å². The van der Waals surface area contributed by atoms with E-state index in [0.717, 1.165) is 22.4 Å². The van der Waals surface area contributed by atoms with Crippen LogP contribution in [0.5, 0.6) is 5.75 Å². The van der Waals surface area contributed by atoms with E-state index in [-0.39, 0.29) is 0 Å². The number of benzene rings is 1. The largest absolute Gasteiger partial charge is 0.495 e. The second kappa shape index (κ2) is 5.35. The minimum absolute atomic E-state index is 0.455. The van der Waals surface area contributed by atoms with Crippen LogP contribution in [0, 0.1) is 13.8 Å². The maximum atomic E-state index is 6.15. The van der Waals surface area contributed by atoms with Gasteiger partial charge >= 0.3 is 0 Å². The molecule has 0 amide bonds. The van der Waals surface area contributed by atoms with Crippen LogP contribution in [0.3, 0.4) is 0 Å². The zero-order valence-electron chi connectivity index (χ0n) is 9.26. The Hall–Kier alpha value is -0.770. The molecule has 0 radical (unpaired) electrons. The highest BCUT2D eigenvalue weighted by atomic mass is 35.5. The quantitative estimate of drug-likeness (QED) is 0.807. The summed E-state index contributed by atoms with van der Waals surface area (Å²) in [6.45, 7) is 4.44. The van der Waals surface area contributed by atoms with Crippen LogP contribution in [0.4, 0.5) is 0 Å². The maximum absolute atomic E-state index is 6.15. The molecule has 3 nitrogen and oxygen atoms in total. The van der Waals surface area contributed by atoms with Gasteiger partial charge in [0.1, 0.15) is 5.75 Å². The highest BCUT2D eigenvalue weighted by Crippen LogP contribution is 2.34. The lowest BCUT2D eigenvalue weighted by atomic mass is 10.0. The zero-order chi connectivity index (χ0) is 11.4. The lowest BCUT2D eigenvalue weighted by Crippen LogP contribution is -2.06. The molecule has 0 heterocycles. The van der Waals surface area contributed by atoms with Crippen LogP contribution in [-0.4, -0.2) is 13.7 Å². The molecule has 0 saturated heterocycles. The molecule has 84 valence electrons. The highest BCUT2D eigenvalue weighted by molar-refractivity contribution is 6.33. The van der Waals surface area contributed by atoms with Gasteiger partial charge in [-0.3, -0.25) is 0 Å². The maximum Gasteiger partial charge on any atom is 0.141 e. The third-order valence-electron chi connectivity index (χ3n) is 2.40. The summed E-state index contributed by atoms with van der Waals surface area (Å²) in [7, 11) is 1.62. The summed E-state index contributed by atoms with van der Waals surface area (Å²) < 4.78 is 5.31. The van der Waals surface area contributed by atoms with Crippen molar-refractivity contribution in [2.45, 2.75) is 20.3 Å². The van der Waals surface area contributed by atoms with E-state index in [0.29, 0.717) is 18.1 Å². The van der Waals surface area contributed by atoms with Crippen molar-refractivity contribution in [1.82, 2.24) is 0 Å². The average molecular weight is 230 g/mol. The molecule has 0 spiro atoms. The fourth-order valence-electron chi connectivity index (χ4n) is 1.65. The smallest absolute Gasteiger partial charge is 0.141 e. The van der Waals surface area contributed by atoms with Crippen molar-refractivity contribution in [2.75, 3.05) is 13.7 Å². The van der Waals surface area contributed by atoms with Gasteiger partial charge in [-0.25, -0.2) is 5.90 Å². The third kappa shape index (κ3) is 2.62. The van der Waals surface area contributed by atoms with Gasteiger partial charge < -0.3 is 9.57 Å². The molecule has 0 aromatic heterocycles. The van der Waals surface area contributed by atoms with E-state index in [1.54, 1.807) is 7.11 Å². The molecule has 0 fully saturated rings. The molecule has 1 aromatic rings. The number of aryl methyl sites for hydroxylation is 2. The van der Waals surface area contributed by atoms with Crippen molar-refractivity contribution >= 4 is 11.6 Å². The fourth-order valence-corrected chi connectivity index (χ4v) is 1.90. The summed E-state index contributed by atoms with van der Waals surface area (Å²) in [6, 6.07) is 2.04. The predicted octanol–water partition coefficient (Wildman–Crippen LogP) is 2.40. The fraction of sp³-hybridized carbons (Fsp3) is 0.455. The standard InChI is InChI=1S/C11H16ClNO2/c1-7-6-8(2)10(12)11(14-3)9(7)4-5-15-13/h6H,4-5,13H2,1-3H3. The molecule has 0 saturated carbocycles. The van der Waals surface area contributed by atoms with Crippen LogP contribution in [0.2, 0.25) is 5.02 Å².